The Morgan fingerprint density at radius 3 is 2.28 bits per heavy atom. The molecule has 0 aromatic heterocycles. The molecule has 7 heteroatoms. The molecular formula is C11H18N2O5. The number of urea groups is 1. The first-order valence-electron chi connectivity index (χ1n) is 5.80. The van der Waals surface area contributed by atoms with E-state index in [4.69, 9.17) is 10.2 Å². The van der Waals surface area contributed by atoms with E-state index in [-0.39, 0.29) is 6.04 Å². The Kier molecular flexibility index (Phi) is 4.52. The maximum Gasteiger partial charge on any atom is 0.326 e. The van der Waals surface area contributed by atoms with Crippen LogP contribution in [0.5, 0.6) is 0 Å². The van der Waals surface area contributed by atoms with Gasteiger partial charge in [0.1, 0.15) is 6.04 Å². The Balaban J connectivity index is 2.54. The molecule has 7 nitrogen and oxygen atoms in total. The lowest BCUT2D eigenvalue weighted by atomic mass is 10.2. The first-order valence-corrected chi connectivity index (χ1v) is 5.80. The number of rotatable bonds is 6. The monoisotopic (exact) mass is 258 g/mol. The molecule has 2 atom stereocenters. The standard InChI is InChI=1S/C11H18N2O5/c1-6(7-3-4-7)13(2)11(18)12-8(10(16)17)5-9(14)15/h6-8H,3-5H2,1-2H3,(H,12,18)(H,14,15)(H,16,17). The molecule has 18 heavy (non-hydrogen) atoms. The van der Waals surface area contributed by atoms with Gasteiger partial charge in [0.15, 0.2) is 0 Å². The summed E-state index contributed by atoms with van der Waals surface area (Å²) in [4.78, 5) is 34.5. The minimum atomic E-state index is -1.40. The molecule has 0 aromatic rings. The van der Waals surface area contributed by atoms with Crippen LogP contribution in [-0.2, 0) is 9.59 Å². The van der Waals surface area contributed by atoms with Crippen molar-refractivity contribution in [3.8, 4) is 0 Å². The largest absolute Gasteiger partial charge is 0.481 e. The summed E-state index contributed by atoms with van der Waals surface area (Å²) in [6.07, 6.45) is 1.50. The first-order chi connectivity index (χ1) is 8.32. The quantitative estimate of drug-likeness (QED) is 0.637. The van der Waals surface area contributed by atoms with Gasteiger partial charge in [0.05, 0.1) is 6.42 Å². The number of nitrogens with zero attached hydrogens (tertiary/aromatic N) is 1. The van der Waals surface area contributed by atoms with E-state index in [2.05, 4.69) is 5.32 Å². The van der Waals surface area contributed by atoms with E-state index in [0.717, 1.165) is 12.8 Å². The van der Waals surface area contributed by atoms with Crippen molar-refractivity contribution >= 4 is 18.0 Å². The van der Waals surface area contributed by atoms with Gasteiger partial charge in [-0.15, -0.1) is 0 Å². The minimum Gasteiger partial charge on any atom is -0.481 e. The summed E-state index contributed by atoms with van der Waals surface area (Å²) >= 11 is 0. The molecule has 0 saturated heterocycles. The number of carbonyl (C=O) groups is 3. The molecule has 0 aromatic carbocycles. The lowest BCUT2D eigenvalue weighted by Crippen LogP contribution is -2.50. The van der Waals surface area contributed by atoms with E-state index in [1.807, 2.05) is 6.92 Å². The van der Waals surface area contributed by atoms with Crippen molar-refractivity contribution < 1.29 is 24.6 Å². The maximum absolute atomic E-state index is 11.8. The Hall–Kier alpha value is -1.79. The topological polar surface area (TPSA) is 107 Å². The van der Waals surface area contributed by atoms with Gasteiger partial charge in [0, 0.05) is 13.1 Å². The summed E-state index contributed by atoms with van der Waals surface area (Å²) in [6, 6.07) is -1.92. The van der Waals surface area contributed by atoms with E-state index in [1.165, 1.54) is 4.90 Å². The maximum atomic E-state index is 11.8. The van der Waals surface area contributed by atoms with Gasteiger partial charge in [0.25, 0.3) is 0 Å². The summed E-state index contributed by atoms with van der Waals surface area (Å²) in [6.45, 7) is 1.89. The third-order valence-corrected chi connectivity index (χ3v) is 3.21. The SMILES string of the molecule is CC(C1CC1)N(C)C(=O)NC(CC(=O)O)C(=O)O. The molecule has 1 saturated carbocycles. The van der Waals surface area contributed by atoms with Crippen LogP contribution in [0.1, 0.15) is 26.2 Å². The highest BCUT2D eigenvalue weighted by atomic mass is 16.4. The number of carboxylic acids is 2. The number of nitrogens with one attached hydrogen (secondary N) is 1. The van der Waals surface area contributed by atoms with Crippen molar-refractivity contribution in [1.29, 1.82) is 0 Å². The number of aliphatic carboxylic acids is 2. The predicted octanol–water partition coefficient (Wildman–Crippen LogP) is 0.354. The van der Waals surface area contributed by atoms with Crippen molar-refractivity contribution in [2.75, 3.05) is 7.05 Å². The Bertz CT molecular complexity index is 353. The van der Waals surface area contributed by atoms with Crippen LogP contribution in [0.15, 0.2) is 0 Å². The smallest absolute Gasteiger partial charge is 0.326 e. The molecule has 0 aliphatic heterocycles. The average Bonchev–Trinajstić information content (AvgIpc) is 3.08. The van der Waals surface area contributed by atoms with Crippen LogP contribution in [0.3, 0.4) is 0 Å². The van der Waals surface area contributed by atoms with Crippen molar-refractivity contribution in [2.24, 2.45) is 5.92 Å². The number of amides is 2. The summed E-state index contributed by atoms with van der Waals surface area (Å²) in [7, 11) is 1.58. The lowest BCUT2D eigenvalue weighted by molar-refractivity contribution is -0.145. The fourth-order valence-corrected chi connectivity index (χ4v) is 1.71. The molecule has 1 rings (SSSR count). The number of hydrogen-bond acceptors (Lipinski definition) is 3. The van der Waals surface area contributed by atoms with Gasteiger partial charge in [0.2, 0.25) is 0 Å². The van der Waals surface area contributed by atoms with Crippen molar-refractivity contribution in [3.05, 3.63) is 0 Å². The van der Waals surface area contributed by atoms with Gasteiger partial charge in [-0.3, -0.25) is 4.79 Å². The third kappa shape index (κ3) is 3.90. The van der Waals surface area contributed by atoms with Crippen LogP contribution in [0.2, 0.25) is 0 Å². The normalized spacial score (nSPS) is 17.7. The van der Waals surface area contributed by atoms with Gasteiger partial charge in [-0.1, -0.05) is 0 Å². The van der Waals surface area contributed by atoms with Gasteiger partial charge < -0.3 is 20.4 Å². The molecule has 0 bridgehead atoms. The van der Waals surface area contributed by atoms with Crippen molar-refractivity contribution in [2.45, 2.75) is 38.3 Å². The number of hydrogen-bond donors (Lipinski definition) is 3. The van der Waals surface area contributed by atoms with Crippen LogP contribution >= 0.6 is 0 Å². The van der Waals surface area contributed by atoms with Crippen molar-refractivity contribution in [3.63, 3.8) is 0 Å². The highest BCUT2D eigenvalue weighted by Crippen LogP contribution is 2.34. The zero-order chi connectivity index (χ0) is 13.9. The van der Waals surface area contributed by atoms with Gasteiger partial charge in [-0.2, -0.15) is 0 Å². The van der Waals surface area contributed by atoms with E-state index >= 15 is 0 Å². The average molecular weight is 258 g/mol. The van der Waals surface area contributed by atoms with E-state index in [9.17, 15) is 14.4 Å². The molecule has 1 aliphatic rings. The fourth-order valence-electron chi connectivity index (χ4n) is 1.71. The first kappa shape index (κ1) is 14.3. The molecule has 0 radical (unpaired) electrons. The lowest BCUT2D eigenvalue weighted by Gasteiger charge is -2.26. The Morgan fingerprint density at radius 1 is 1.33 bits per heavy atom. The third-order valence-electron chi connectivity index (χ3n) is 3.21. The summed E-state index contributed by atoms with van der Waals surface area (Å²) in [5.41, 5.74) is 0. The molecular weight excluding hydrogens is 240 g/mol. The van der Waals surface area contributed by atoms with Crippen LogP contribution in [-0.4, -0.2) is 52.2 Å². The summed E-state index contributed by atoms with van der Waals surface area (Å²) < 4.78 is 0. The highest BCUT2D eigenvalue weighted by molar-refractivity contribution is 5.86. The second kappa shape index (κ2) is 5.70. The predicted molar refractivity (Wildman–Crippen MR) is 62.2 cm³/mol. The van der Waals surface area contributed by atoms with E-state index in [1.54, 1.807) is 7.05 Å². The summed E-state index contributed by atoms with van der Waals surface area (Å²) in [5, 5.41) is 19.6. The molecule has 1 fully saturated rings. The molecule has 102 valence electrons. The summed E-state index contributed by atoms with van der Waals surface area (Å²) in [5.74, 6) is -2.15. The van der Waals surface area contributed by atoms with Gasteiger partial charge in [-0.05, 0) is 25.7 Å². The molecule has 2 unspecified atom stereocenters. The molecule has 0 spiro atoms. The molecule has 3 N–H and O–H groups in total. The van der Waals surface area contributed by atoms with Crippen molar-refractivity contribution in [1.82, 2.24) is 10.2 Å². The Labute approximate surface area is 105 Å². The number of carboxylic acid groups (broad SMARTS) is 2. The highest BCUT2D eigenvalue weighted by Gasteiger charge is 2.33. The van der Waals surface area contributed by atoms with Crippen LogP contribution in [0, 0.1) is 5.92 Å². The zero-order valence-electron chi connectivity index (χ0n) is 10.4. The van der Waals surface area contributed by atoms with E-state index < -0.39 is 30.4 Å². The zero-order valence-corrected chi connectivity index (χ0v) is 10.4. The number of carbonyl (C=O) groups excluding carboxylic acids is 1. The van der Waals surface area contributed by atoms with Crippen LogP contribution in [0.4, 0.5) is 4.79 Å². The minimum absolute atomic E-state index is 0.0317. The van der Waals surface area contributed by atoms with Gasteiger partial charge in [-0.25, -0.2) is 9.59 Å². The fraction of sp³-hybridized carbons (Fsp3) is 0.727. The second-order valence-corrected chi connectivity index (χ2v) is 4.63. The molecule has 0 heterocycles. The molecule has 1 aliphatic carbocycles. The van der Waals surface area contributed by atoms with Gasteiger partial charge >= 0.3 is 18.0 Å². The van der Waals surface area contributed by atoms with Crippen LogP contribution < -0.4 is 5.32 Å². The second-order valence-electron chi connectivity index (χ2n) is 4.63. The Morgan fingerprint density at radius 2 is 1.89 bits per heavy atom. The van der Waals surface area contributed by atoms with E-state index in [0.29, 0.717) is 5.92 Å². The molecule has 2 amide bonds. The van der Waals surface area contributed by atoms with Crippen LogP contribution in [0.25, 0.3) is 0 Å².